The van der Waals surface area contributed by atoms with Gasteiger partial charge in [-0.2, -0.15) is 13.2 Å². The van der Waals surface area contributed by atoms with Gasteiger partial charge in [-0.1, -0.05) is 23.7 Å². The number of halogens is 4. The summed E-state index contributed by atoms with van der Waals surface area (Å²) in [6.07, 6.45) is -5.73. The van der Waals surface area contributed by atoms with Crippen LogP contribution in [0, 0.1) is 0 Å². The molecule has 0 aliphatic heterocycles. The highest BCUT2D eigenvalue weighted by Crippen LogP contribution is 2.22. The minimum Gasteiger partial charge on any atom is -0.481 e. The summed E-state index contributed by atoms with van der Waals surface area (Å²) >= 11 is 5.62. The van der Waals surface area contributed by atoms with Crippen LogP contribution < -0.4 is 5.32 Å². The molecule has 0 aromatic heterocycles. The zero-order valence-electron chi connectivity index (χ0n) is 9.37. The highest BCUT2D eigenvalue weighted by atomic mass is 35.5. The van der Waals surface area contributed by atoms with E-state index in [2.05, 4.69) is 0 Å². The molecule has 0 aliphatic carbocycles. The van der Waals surface area contributed by atoms with Gasteiger partial charge in [0, 0.05) is 5.02 Å². The molecule has 0 radical (unpaired) electrons. The summed E-state index contributed by atoms with van der Waals surface area (Å²) < 4.78 is 36.4. The third-order valence-electron chi connectivity index (χ3n) is 2.21. The zero-order valence-corrected chi connectivity index (χ0v) is 10.1. The number of carboxylic acids is 1. The Morgan fingerprint density at radius 2 is 1.79 bits per heavy atom. The number of carboxylic acid groups (broad SMARTS) is 1. The van der Waals surface area contributed by atoms with Gasteiger partial charge in [-0.3, -0.25) is 9.59 Å². The summed E-state index contributed by atoms with van der Waals surface area (Å²) in [7, 11) is 0. The average Bonchev–Trinajstić information content (AvgIpc) is 2.27. The van der Waals surface area contributed by atoms with Gasteiger partial charge in [0.1, 0.15) is 0 Å². The number of hydrogen-bond donors (Lipinski definition) is 2. The molecule has 0 bridgehead atoms. The summed E-state index contributed by atoms with van der Waals surface area (Å²) in [5.74, 6) is -3.52. The van der Waals surface area contributed by atoms with Gasteiger partial charge in [0.25, 0.3) is 0 Å². The predicted molar refractivity (Wildman–Crippen MR) is 60.6 cm³/mol. The van der Waals surface area contributed by atoms with E-state index in [-0.39, 0.29) is 5.56 Å². The lowest BCUT2D eigenvalue weighted by Gasteiger charge is -2.18. The molecule has 2 N–H and O–H groups in total. The van der Waals surface area contributed by atoms with Crippen molar-refractivity contribution in [1.82, 2.24) is 5.32 Å². The lowest BCUT2D eigenvalue weighted by Crippen LogP contribution is -2.39. The quantitative estimate of drug-likeness (QED) is 0.897. The SMILES string of the molecule is O=C(O)C[C@@H](NC(=O)C(F)(F)F)c1ccc(Cl)cc1. The molecular weight excluding hydrogens is 287 g/mol. The van der Waals surface area contributed by atoms with Crippen molar-refractivity contribution in [3.63, 3.8) is 0 Å². The highest BCUT2D eigenvalue weighted by molar-refractivity contribution is 6.30. The van der Waals surface area contributed by atoms with E-state index in [0.717, 1.165) is 0 Å². The van der Waals surface area contributed by atoms with Gasteiger partial charge in [0.05, 0.1) is 12.5 Å². The molecule has 0 saturated heterocycles. The molecule has 1 rings (SSSR count). The van der Waals surface area contributed by atoms with E-state index in [1.807, 2.05) is 0 Å². The van der Waals surface area contributed by atoms with Crippen LogP contribution in [0.5, 0.6) is 0 Å². The van der Waals surface area contributed by atoms with Crippen LogP contribution in [-0.2, 0) is 9.59 Å². The van der Waals surface area contributed by atoms with Gasteiger partial charge in [0.15, 0.2) is 0 Å². The summed E-state index contributed by atoms with van der Waals surface area (Å²) in [4.78, 5) is 21.5. The molecule has 8 heteroatoms. The van der Waals surface area contributed by atoms with Crippen molar-refractivity contribution in [2.75, 3.05) is 0 Å². The molecular formula is C11H9ClF3NO3. The summed E-state index contributed by atoms with van der Waals surface area (Å²) in [6, 6.07) is 4.22. The molecule has 1 amide bonds. The second-order valence-corrected chi connectivity index (χ2v) is 4.11. The molecule has 1 atom stereocenters. The highest BCUT2D eigenvalue weighted by Gasteiger charge is 2.40. The Morgan fingerprint density at radius 3 is 2.21 bits per heavy atom. The Balaban J connectivity index is 2.92. The normalized spacial score (nSPS) is 12.8. The van der Waals surface area contributed by atoms with Gasteiger partial charge in [-0.25, -0.2) is 0 Å². The fourth-order valence-electron chi connectivity index (χ4n) is 1.36. The molecule has 1 aromatic carbocycles. The topological polar surface area (TPSA) is 66.4 Å². The van der Waals surface area contributed by atoms with Crippen molar-refractivity contribution in [2.45, 2.75) is 18.6 Å². The molecule has 0 aliphatic rings. The number of carbonyl (C=O) groups excluding carboxylic acids is 1. The lowest BCUT2D eigenvalue weighted by molar-refractivity contribution is -0.174. The maximum atomic E-state index is 12.1. The van der Waals surface area contributed by atoms with Crippen molar-refractivity contribution in [3.05, 3.63) is 34.9 Å². The number of alkyl halides is 3. The zero-order chi connectivity index (χ0) is 14.6. The van der Waals surface area contributed by atoms with Gasteiger partial charge >= 0.3 is 18.1 Å². The number of amides is 1. The molecule has 19 heavy (non-hydrogen) atoms. The van der Waals surface area contributed by atoms with Crippen LogP contribution >= 0.6 is 11.6 Å². The van der Waals surface area contributed by atoms with E-state index in [1.165, 1.54) is 24.3 Å². The first-order chi connectivity index (χ1) is 8.70. The smallest absolute Gasteiger partial charge is 0.471 e. The van der Waals surface area contributed by atoms with Crippen molar-refractivity contribution in [1.29, 1.82) is 0 Å². The fourth-order valence-corrected chi connectivity index (χ4v) is 1.49. The molecule has 0 heterocycles. The van der Waals surface area contributed by atoms with Gasteiger partial charge in [-0.15, -0.1) is 0 Å². The number of nitrogens with one attached hydrogen (secondary N) is 1. The van der Waals surface area contributed by atoms with Crippen molar-refractivity contribution in [2.24, 2.45) is 0 Å². The summed E-state index contributed by atoms with van der Waals surface area (Å²) in [6.45, 7) is 0. The lowest BCUT2D eigenvalue weighted by atomic mass is 10.0. The minimum atomic E-state index is -5.07. The monoisotopic (exact) mass is 295 g/mol. The van der Waals surface area contributed by atoms with Crippen LogP contribution in [0.4, 0.5) is 13.2 Å². The van der Waals surface area contributed by atoms with E-state index in [9.17, 15) is 22.8 Å². The summed E-state index contributed by atoms with van der Waals surface area (Å²) in [5, 5.41) is 10.6. The molecule has 0 fully saturated rings. The Bertz CT molecular complexity index is 473. The molecule has 4 nitrogen and oxygen atoms in total. The number of carbonyl (C=O) groups is 2. The van der Waals surface area contributed by atoms with E-state index >= 15 is 0 Å². The second kappa shape index (κ2) is 5.92. The molecule has 104 valence electrons. The maximum Gasteiger partial charge on any atom is 0.471 e. The third kappa shape index (κ3) is 4.78. The first kappa shape index (κ1) is 15.3. The fraction of sp³-hybridized carbons (Fsp3) is 0.273. The van der Waals surface area contributed by atoms with E-state index < -0.39 is 30.5 Å². The van der Waals surface area contributed by atoms with Gasteiger partial charge in [0.2, 0.25) is 0 Å². The number of benzene rings is 1. The average molecular weight is 296 g/mol. The minimum absolute atomic E-state index is 0.226. The number of rotatable bonds is 4. The second-order valence-electron chi connectivity index (χ2n) is 3.67. The van der Waals surface area contributed by atoms with Crippen molar-refractivity contribution in [3.8, 4) is 0 Å². The Labute approximate surface area is 111 Å². The predicted octanol–water partition coefficient (Wildman–Crippen LogP) is 2.53. The van der Waals surface area contributed by atoms with Crippen molar-refractivity contribution >= 4 is 23.5 Å². The van der Waals surface area contributed by atoms with Crippen LogP contribution in [0.3, 0.4) is 0 Å². The van der Waals surface area contributed by atoms with Crippen LogP contribution in [0.2, 0.25) is 5.02 Å². The van der Waals surface area contributed by atoms with E-state index in [0.29, 0.717) is 5.02 Å². The first-order valence-corrected chi connectivity index (χ1v) is 5.43. The Kier molecular flexibility index (Phi) is 4.77. The molecule has 0 unspecified atom stereocenters. The molecule has 1 aromatic rings. The maximum absolute atomic E-state index is 12.1. The van der Waals surface area contributed by atoms with Crippen LogP contribution in [-0.4, -0.2) is 23.2 Å². The first-order valence-electron chi connectivity index (χ1n) is 5.05. The van der Waals surface area contributed by atoms with Crippen LogP contribution in [0.15, 0.2) is 24.3 Å². The van der Waals surface area contributed by atoms with E-state index in [4.69, 9.17) is 16.7 Å². The largest absolute Gasteiger partial charge is 0.481 e. The third-order valence-corrected chi connectivity index (χ3v) is 2.47. The van der Waals surface area contributed by atoms with Crippen LogP contribution in [0.25, 0.3) is 0 Å². The number of hydrogen-bond acceptors (Lipinski definition) is 2. The van der Waals surface area contributed by atoms with Crippen molar-refractivity contribution < 1.29 is 27.9 Å². The number of aliphatic carboxylic acids is 1. The molecule has 0 spiro atoms. The Hall–Kier alpha value is -1.76. The van der Waals surface area contributed by atoms with E-state index in [1.54, 1.807) is 5.32 Å². The Morgan fingerprint density at radius 1 is 1.26 bits per heavy atom. The summed E-state index contributed by atoms with van der Waals surface area (Å²) in [5.41, 5.74) is 0.226. The molecule has 0 saturated carbocycles. The van der Waals surface area contributed by atoms with Crippen LogP contribution in [0.1, 0.15) is 18.0 Å². The van der Waals surface area contributed by atoms with Gasteiger partial charge in [-0.05, 0) is 17.7 Å². The van der Waals surface area contributed by atoms with Gasteiger partial charge < -0.3 is 10.4 Å². The standard InChI is InChI=1S/C11H9ClF3NO3/c12-7-3-1-6(2-4-7)8(5-9(17)18)16-10(19)11(13,14)15/h1-4,8H,5H2,(H,16,19)(H,17,18)/t8-/m1/s1.